The molecule has 0 aliphatic carbocycles. The largest absolute Gasteiger partial charge is 0.481 e. The summed E-state index contributed by atoms with van der Waals surface area (Å²) in [6.45, 7) is -0.00649. The Balaban J connectivity index is 0.00000324. The maximum Gasteiger partial charge on any atom is 0.304 e. The molecule has 0 aliphatic heterocycles. The number of pyridine rings is 1. The maximum atomic E-state index is 14.6. The van der Waals surface area contributed by atoms with Crippen LogP contribution in [0.25, 0.3) is 22.8 Å². The first-order valence-electron chi connectivity index (χ1n) is 9.41. The Bertz CT molecular complexity index is 1310. The van der Waals surface area contributed by atoms with Gasteiger partial charge in [-0.1, -0.05) is 0 Å². The summed E-state index contributed by atoms with van der Waals surface area (Å²) in [5.74, 6) is -2.69. The molecule has 1 aromatic carbocycles. The van der Waals surface area contributed by atoms with Gasteiger partial charge in [-0.2, -0.15) is 4.80 Å². The fourth-order valence-electron chi connectivity index (χ4n) is 2.88. The van der Waals surface area contributed by atoms with Gasteiger partial charge in [0.1, 0.15) is 11.6 Å². The van der Waals surface area contributed by atoms with Crippen LogP contribution in [0.3, 0.4) is 0 Å². The predicted octanol–water partition coefficient (Wildman–Crippen LogP) is 1.22. The number of halogens is 3. The van der Waals surface area contributed by atoms with Gasteiger partial charge in [-0.15, -0.1) is 27.7 Å². The molecule has 178 valence electrons. The minimum absolute atomic E-state index is 0. The molecule has 0 aliphatic rings. The molecule has 0 saturated heterocycles. The van der Waals surface area contributed by atoms with Crippen molar-refractivity contribution in [2.75, 3.05) is 0 Å². The molecule has 4 rings (SSSR count). The van der Waals surface area contributed by atoms with Crippen LogP contribution in [0.5, 0.6) is 11.6 Å². The minimum Gasteiger partial charge on any atom is -0.481 e. The second-order valence-corrected chi connectivity index (χ2v) is 6.91. The number of carbonyl (C=O) groups is 1. The van der Waals surface area contributed by atoms with Crippen molar-refractivity contribution >= 4 is 18.4 Å². The highest BCUT2D eigenvalue weighted by molar-refractivity contribution is 5.85. The van der Waals surface area contributed by atoms with E-state index in [1.807, 2.05) is 0 Å². The van der Waals surface area contributed by atoms with E-state index in [4.69, 9.17) is 15.6 Å². The van der Waals surface area contributed by atoms with E-state index in [0.29, 0.717) is 11.4 Å². The van der Waals surface area contributed by atoms with Crippen LogP contribution in [-0.2, 0) is 18.4 Å². The number of benzene rings is 1. The Hall–Kier alpha value is -4.11. The zero-order chi connectivity index (χ0) is 23.5. The fraction of sp³-hybridized carbons (Fsp3) is 0.222. The summed E-state index contributed by atoms with van der Waals surface area (Å²) >= 11 is 0. The first-order valence-corrected chi connectivity index (χ1v) is 9.41. The summed E-state index contributed by atoms with van der Waals surface area (Å²) in [6.07, 6.45) is 1.05. The number of hydrogen-bond acceptors (Lipinski definition) is 10. The Morgan fingerprint density at radius 3 is 2.65 bits per heavy atom. The second-order valence-electron chi connectivity index (χ2n) is 6.91. The van der Waals surface area contributed by atoms with Crippen molar-refractivity contribution in [3.63, 3.8) is 0 Å². The molecule has 0 radical (unpaired) electrons. The predicted molar refractivity (Wildman–Crippen MR) is 113 cm³/mol. The summed E-state index contributed by atoms with van der Waals surface area (Å²) in [7, 11) is 1.60. The van der Waals surface area contributed by atoms with E-state index in [0.717, 1.165) is 16.9 Å². The molecule has 16 heteroatoms. The first kappa shape index (κ1) is 24.5. The zero-order valence-electron chi connectivity index (χ0n) is 17.4. The van der Waals surface area contributed by atoms with Gasteiger partial charge >= 0.3 is 5.97 Å². The SMILES string of the molecule is Cl.Cn1nnnc1-c1cnc(Oc2ccc(-c3nnn(C[C@@H](N)CC(=O)O)n3)c(F)c2)c(F)c1. The van der Waals surface area contributed by atoms with E-state index >= 15 is 0 Å². The average Bonchev–Trinajstić information content (AvgIpc) is 3.38. The third kappa shape index (κ3) is 5.44. The third-order valence-corrected chi connectivity index (χ3v) is 4.37. The molecular formula is C18H17ClF2N10O3. The molecule has 0 spiro atoms. The Labute approximate surface area is 196 Å². The third-order valence-electron chi connectivity index (χ3n) is 4.37. The van der Waals surface area contributed by atoms with Gasteiger partial charge in [0.15, 0.2) is 11.6 Å². The van der Waals surface area contributed by atoms with Crippen molar-refractivity contribution in [2.24, 2.45) is 12.8 Å². The van der Waals surface area contributed by atoms with Gasteiger partial charge in [0.2, 0.25) is 5.82 Å². The van der Waals surface area contributed by atoms with E-state index in [1.54, 1.807) is 7.05 Å². The lowest BCUT2D eigenvalue weighted by Crippen LogP contribution is -2.30. The highest BCUT2D eigenvalue weighted by Crippen LogP contribution is 2.28. The standard InChI is InChI=1S/C18H16F2N10O3.ClH/c1-29-17(24-26-28-29)9-4-14(20)18(22-7-9)33-11-2-3-12(13(19)6-11)16-23-27-30(25-16)8-10(21)5-15(31)32;/h2-4,6-7,10H,5,8,21H2,1H3,(H,31,32);1H/t10-;/m0./s1. The summed E-state index contributed by atoms with van der Waals surface area (Å²) < 4.78 is 35.8. The first-order chi connectivity index (χ1) is 15.8. The highest BCUT2D eigenvalue weighted by atomic mass is 35.5. The van der Waals surface area contributed by atoms with E-state index < -0.39 is 23.6 Å². The van der Waals surface area contributed by atoms with Crippen molar-refractivity contribution in [2.45, 2.75) is 19.0 Å². The van der Waals surface area contributed by atoms with Crippen molar-refractivity contribution in [3.8, 4) is 34.4 Å². The molecule has 0 fully saturated rings. The monoisotopic (exact) mass is 494 g/mol. The molecular weight excluding hydrogens is 478 g/mol. The van der Waals surface area contributed by atoms with E-state index in [2.05, 4.69) is 35.9 Å². The normalized spacial score (nSPS) is 11.6. The van der Waals surface area contributed by atoms with Crippen molar-refractivity contribution in [1.29, 1.82) is 0 Å². The van der Waals surface area contributed by atoms with Crippen LogP contribution in [0.15, 0.2) is 30.5 Å². The molecule has 0 unspecified atom stereocenters. The zero-order valence-corrected chi connectivity index (χ0v) is 18.2. The lowest BCUT2D eigenvalue weighted by atomic mass is 10.2. The molecule has 1 atom stereocenters. The van der Waals surface area contributed by atoms with E-state index in [-0.39, 0.29) is 48.4 Å². The Morgan fingerprint density at radius 1 is 1.21 bits per heavy atom. The number of aliphatic carboxylic acids is 1. The van der Waals surface area contributed by atoms with E-state index in [9.17, 15) is 13.6 Å². The van der Waals surface area contributed by atoms with Gasteiger partial charge < -0.3 is 15.6 Å². The molecule has 3 heterocycles. The molecule has 3 N–H and O–H groups in total. The molecule has 0 bridgehead atoms. The number of carboxylic acid groups (broad SMARTS) is 1. The van der Waals surface area contributed by atoms with Crippen LogP contribution in [0.2, 0.25) is 0 Å². The number of hydrogen-bond donors (Lipinski definition) is 2. The Kier molecular flexibility index (Phi) is 7.37. The fourth-order valence-corrected chi connectivity index (χ4v) is 2.88. The number of carboxylic acids is 1. The van der Waals surface area contributed by atoms with Crippen LogP contribution in [0, 0.1) is 11.6 Å². The van der Waals surface area contributed by atoms with Crippen molar-refractivity contribution in [3.05, 3.63) is 42.1 Å². The number of rotatable bonds is 8. The van der Waals surface area contributed by atoms with Gasteiger partial charge in [-0.05, 0) is 33.8 Å². The van der Waals surface area contributed by atoms with Crippen LogP contribution < -0.4 is 10.5 Å². The number of tetrazole rings is 2. The number of nitrogens with zero attached hydrogens (tertiary/aromatic N) is 9. The second kappa shape index (κ2) is 10.2. The lowest BCUT2D eigenvalue weighted by molar-refractivity contribution is -0.137. The van der Waals surface area contributed by atoms with Crippen LogP contribution in [0.4, 0.5) is 8.78 Å². The van der Waals surface area contributed by atoms with Crippen molar-refractivity contribution in [1.82, 2.24) is 45.4 Å². The van der Waals surface area contributed by atoms with Crippen LogP contribution >= 0.6 is 12.4 Å². The van der Waals surface area contributed by atoms with E-state index in [1.165, 1.54) is 23.0 Å². The summed E-state index contributed by atoms with van der Waals surface area (Å²) in [5, 5.41) is 31.2. The highest BCUT2D eigenvalue weighted by Gasteiger charge is 2.17. The topological polar surface area (TPSA) is 173 Å². The lowest BCUT2D eigenvalue weighted by Gasteiger charge is -2.08. The van der Waals surface area contributed by atoms with Gasteiger partial charge in [-0.3, -0.25) is 4.79 Å². The molecule has 0 saturated carbocycles. The van der Waals surface area contributed by atoms with Gasteiger partial charge in [0.25, 0.3) is 5.88 Å². The number of nitrogens with two attached hydrogens (primary N) is 1. The number of aryl methyl sites for hydroxylation is 1. The Morgan fingerprint density at radius 2 is 2.00 bits per heavy atom. The summed E-state index contributed by atoms with van der Waals surface area (Å²) in [6, 6.07) is 4.16. The molecule has 34 heavy (non-hydrogen) atoms. The van der Waals surface area contributed by atoms with Crippen LogP contribution in [0.1, 0.15) is 6.42 Å². The number of aromatic nitrogens is 9. The quantitative estimate of drug-likeness (QED) is 0.360. The average molecular weight is 495 g/mol. The summed E-state index contributed by atoms with van der Waals surface area (Å²) in [5.41, 5.74) is 6.04. The van der Waals surface area contributed by atoms with Crippen LogP contribution in [-0.4, -0.2) is 62.5 Å². The minimum atomic E-state index is -1.06. The molecule has 13 nitrogen and oxygen atoms in total. The van der Waals surface area contributed by atoms with Gasteiger partial charge in [0.05, 0.1) is 18.5 Å². The summed E-state index contributed by atoms with van der Waals surface area (Å²) in [4.78, 5) is 15.7. The molecule has 0 amide bonds. The van der Waals surface area contributed by atoms with Crippen molar-refractivity contribution < 1.29 is 23.4 Å². The molecule has 3 aromatic heterocycles. The van der Waals surface area contributed by atoms with Gasteiger partial charge in [-0.25, -0.2) is 18.4 Å². The number of ether oxygens (including phenoxy) is 1. The maximum absolute atomic E-state index is 14.6. The van der Waals surface area contributed by atoms with Gasteiger partial charge in [0, 0.05) is 30.9 Å². The molecule has 4 aromatic rings. The smallest absolute Gasteiger partial charge is 0.304 e.